The third-order valence-corrected chi connectivity index (χ3v) is 3.79. The summed E-state index contributed by atoms with van der Waals surface area (Å²) in [6, 6.07) is 5.08. The first-order valence-corrected chi connectivity index (χ1v) is 6.33. The summed E-state index contributed by atoms with van der Waals surface area (Å²) in [6.45, 7) is 6.04. The fraction of sp³-hybridized carbons (Fsp3) is 0.615. The van der Waals surface area contributed by atoms with Crippen molar-refractivity contribution in [2.75, 3.05) is 18.0 Å². The van der Waals surface area contributed by atoms with Gasteiger partial charge in [0.25, 0.3) is 0 Å². The highest BCUT2D eigenvalue weighted by Crippen LogP contribution is 2.34. The number of aliphatic hydroxyl groups excluding tert-OH is 1. The first-order valence-electron chi connectivity index (χ1n) is 6.33. The maximum atomic E-state index is 9.62. The average Bonchev–Trinajstić information content (AvgIpc) is 2.67. The molecule has 17 heavy (non-hydrogen) atoms. The van der Waals surface area contributed by atoms with Gasteiger partial charge < -0.3 is 15.3 Å². The van der Waals surface area contributed by atoms with E-state index in [1.165, 1.54) is 5.56 Å². The number of anilines is 1. The second-order valence-electron chi connectivity index (χ2n) is 5.17. The van der Waals surface area contributed by atoms with Gasteiger partial charge in [-0.05, 0) is 31.9 Å². The van der Waals surface area contributed by atoms with Gasteiger partial charge >= 0.3 is 0 Å². The van der Waals surface area contributed by atoms with E-state index >= 15 is 0 Å². The number of piperazine rings is 1. The van der Waals surface area contributed by atoms with Gasteiger partial charge in [-0.1, -0.05) is 6.07 Å². The quantitative estimate of drug-likeness (QED) is 0.755. The monoisotopic (exact) mass is 233 g/mol. The fourth-order valence-corrected chi connectivity index (χ4v) is 2.93. The van der Waals surface area contributed by atoms with E-state index in [9.17, 15) is 5.11 Å². The molecule has 2 aliphatic rings. The van der Waals surface area contributed by atoms with Gasteiger partial charge in [0.15, 0.2) is 0 Å². The number of nitrogens with zero attached hydrogens (tertiary/aromatic N) is 2. The van der Waals surface area contributed by atoms with Crippen LogP contribution in [0.5, 0.6) is 0 Å². The molecule has 3 rings (SSSR count). The van der Waals surface area contributed by atoms with E-state index < -0.39 is 6.10 Å². The molecule has 2 N–H and O–H groups in total. The Labute approximate surface area is 102 Å². The van der Waals surface area contributed by atoms with Crippen LogP contribution in [0, 0.1) is 0 Å². The molecule has 1 saturated heterocycles. The Morgan fingerprint density at radius 2 is 2.29 bits per heavy atom. The molecule has 0 amide bonds. The largest absolute Gasteiger partial charge is 0.387 e. The minimum absolute atomic E-state index is 0.478. The van der Waals surface area contributed by atoms with E-state index in [2.05, 4.69) is 28.2 Å². The van der Waals surface area contributed by atoms with Crippen molar-refractivity contribution < 1.29 is 5.11 Å². The lowest BCUT2D eigenvalue weighted by molar-refractivity contribution is 0.194. The van der Waals surface area contributed by atoms with Gasteiger partial charge in [-0.3, -0.25) is 0 Å². The first-order chi connectivity index (χ1) is 8.16. The third kappa shape index (κ3) is 1.72. The van der Waals surface area contributed by atoms with Crippen molar-refractivity contribution in [3.05, 3.63) is 23.4 Å². The number of fused-ring (bicyclic) bond motifs is 3. The lowest BCUT2D eigenvalue weighted by atomic mass is 10.1. The van der Waals surface area contributed by atoms with Crippen molar-refractivity contribution in [2.45, 2.75) is 38.5 Å². The number of aliphatic hydroxyl groups is 1. The van der Waals surface area contributed by atoms with Gasteiger partial charge in [-0.25, -0.2) is 4.98 Å². The summed E-state index contributed by atoms with van der Waals surface area (Å²) in [7, 11) is 0. The van der Waals surface area contributed by atoms with Crippen LogP contribution in [0.3, 0.4) is 0 Å². The fourth-order valence-electron chi connectivity index (χ4n) is 2.93. The molecule has 4 heteroatoms. The van der Waals surface area contributed by atoms with Crippen LogP contribution in [-0.2, 0) is 6.42 Å². The molecule has 3 heterocycles. The second-order valence-corrected chi connectivity index (χ2v) is 5.17. The molecule has 1 aromatic rings. The molecule has 4 nitrogen and oxygen atoms in total. The zero-order chi connectivity index (χ0) is 12.0. The second kappa shape index (κ2) is 3.96. The lowest BCUT2D eigenvalue weighted by Gasteiger charge is -2.37. The van der Waals surface area contributed by atoms with Crippen molar-refractivity contribution in [1.29, 1.82) is 0 Å². The molecule has 0 saturated carbocycles. The van der Waals surface area contributed by atoms with E-state index in [0.29, 0.717) is 12.1 Å². The van der Waals surface area contributed by atoms with Gasteiger partial charge in [0, 0.05) is 25.2 Å². The van der Waals surface area contributed by atoms with Gasteiger partial charge in [-0.15, -0.1) is 0 Å². The van der Waals surface area contributed by atoms with Gasteiger partial charge in [0.2, 0.25) is 0 Å². The minimum Gasteiger partial charge on any atom is -0.387 e. The molecular formula is C13H19N3O. The summed E-state index contributed by atoms with van der Waals surface area (Å²) in [5.74, 6) is 1.09. The molecule has 1 fully saturated rings. The molecule has 0 aliphatic carbocycles. The number of aromatic nitrogens is 1. The summed E-state index contributed by atoms with van der Waals surface area (Å²) in [5.41, 5.74) is 2.09. The van der Waals surface area contributed by atoms with E-state index in [4.69, 9.17) is 0 Å². The number of rotatable bonds is 1. The van der Waals surface area contributed by atoms with Crippen LogP contribution >= 0.6 is 0 Å². The van der Waals surface area contributed by atoms with Crippen LogP contribution in [0.2, 0.25) is 0 Å². The zero-order valence-corrected chi connectivity index (χ0v) is 10.3. The summed E-state index contributed by atoms with van der Waals surface area (Å²) in [6.07, 6.45) is 0.581. The van der Waals surface area contributed by atoms with Crippen LogP contribution in [-0.4, -0.2) is 35.3 Å². The predicted octanol–water partition coefficient (Wildman–Crippen LogP) is 0.858. The van der Waals surface area contributed by atoms with Gasteiger partial charge in [0.1, 0.15) is 5.82 Å². The molecule has 2 aliphatic heterocycles. The van der Waals surface area contributed by atoms with E-state index in [0.717, 1.165) is 31.0 Å². The Morgan fingerprint density at radius 3 is 3.06 bits per heavy atom. The molecular weight excluding hydrogens is 214 g/mol. The normalized spacial score (nSPS) is 28.8. The van der Waals surface area contributed by atoms with Crippen molar-refractivity contribution in [2.24, 2.45) is 0 Å². The molecule has 0 aromatic carbocycles. The summed E-state index contributed by atoms with van der Waals surface area (Å²) in [5, 5.41) is 13.1. The standard InChI is InChI=1S/C13H19N3O/c1-8-6-14-7-11-5-10-3-4-12(9(2)17)15-13(10)16(8)11/h3-4,8-9,11,14,17H,5-7H2,1-2H3/t8-,9-,11-/m1/s1. The molecule has 0 unspecified atom stereocenters. The average molecular weight is 233 g/mol. The zero-order valence-electron chi connectivity index (χ0n) is 10.3. The molecule has 1 aromatic heterocycles. The summed E-state index contributed by atoms with van der Waals surface area (Å²) in [4.78, 5) is 7.05. The van der Waals surface area contributed by atoms with Crippen LogP contribution in [0.1, 0.15) is 31.2 Å². The Bertz CT molecular complexity index is 433. The highest BCUT2D eigenvalue weighted by atomic mass is 16.3. The number of pyridine rings is 1. The topological polar surface area (TPSA) is 48.4 Å². The van der Waals surface area contributed by atoms with E-state index in [1.807, 2.05) is 6.07 Å². The Hall–Kier alpha value is -1.13. The van der Waals surface area contributed by atoms with Crippen LogP contribution in [0.4, 0.5) is 5.82 Å². The highest BCUT2D eigenvalue weighted by Gasteiger charge is 2.36. The van der Waals surface area contributed by atoms with E-state index in [-0.39, 0.29) is 0 Å². The SMILES string of the molecule is C[C@@H]1CNC[C@H]2Cc3ccc([C@@H](C)O)nc3N21. The molecule has 92 valence electrons. The van der Waals surface area contributed by atoms with Crippen molar-refractivity contribution in [3.8, 4) is 0 Å². The van der Waals surface area contributed by atoms with Crippen LogP contribution in [0.25, 0.3) is 0 Å². The van der Waals surface area contributed by atoms with Gasteiger partial charge in [-0.2, -0.15) is 0 Å². The third-order valence-electron chi connectivity index (χ3n) is 3.79. The molecule has 0 radical (unpaired) electrons. The van der Waals surface area contributed by atoms with Gasteiger partial charge in [0.05, 0.1) is 11.8 Å². The summed E-state index contributed by atoms with van der Waals surface area (Å²) < 4.78 is 0. The predicted molar refractivity (Wildman–Crippen MR) is 67.2 cm³/mol. The molecule has 0 bridgehead atoms. The van der Waals surface area contributed by atoms with Crippen LogP contribution < -0.4 is 10.2 Å². The number of nitrogens with one attached hydrogen (secondary N) is 1. The minimum atomic E-state index is -0.488. The first kappa shape index (κ1) is 11.0. The number of hydrogen-bond donors (Lipinski definition) is 2. The van der Waals surface area contributed by atoms with Crippen LogP contribution in [0.15, 0.2) is 12.1 Å². The smallest absolute Gasteiger partial charge is 0.132 e. The maximum Gasteiger partial charge on any atom is 0.132 e. The molecule has 3 atom stereocenters. The Kier molecular flexibility index (Phi) is 2.56. The van der Waals surface area contributed by atoms with Crippen molar-refractivity contribution >= 4 is 5.82 Å². The number of hydrogen-bond acceptors (Lipinski definition) is 4. The van der Waals surface area contributed by atoms with Crippen molar-refractivity contribution in [1.82, 2.24) is 10.3 Å². The molecule has 0 spiro atoms. The maximum absolute atomic E-state index is 9.62. The van der Waals surface area contributed by atoms with E-state index in [1.54, 1.807) is 6.92 Å². The Morgan fingerprint density at radius 1 is 1.47 bits per heavy atom. The summed E-state index contributed by atoms with van der Waals surface area (Å²) >= 11 is 0. The van der Waals surface area contributed by atoms with Crippen molar-refractivity contribution in [3.63, 3.8) is 0 Å². The lowest BCUT2D eigenvalue weighted by Crippen LogP contribution is -2.55. The highest BCUT2D eigenvalue weighted by molar-refractivity contribution is 5.56. The Balaban J connectivity index is 2.00.